The standard InChI is InChI=1S/C21H25F2N3O3S/c1-2-9-30(28,29)26-7-5-15(6-8-26)10-21(27)25-20-4-3-16(14-24-20)17-11-18(22)13-19(23)12-17/h3-4,11-15H,2,5-10H2,1H3,(H,24,25,27). The third kappa shape index (κ3) is 5.82. The van der Waals surface area contributed by atoms with Gasteiger partial charge in [0.15, 0.2) is 0 Å². The van der Waals surface area contributed by atoms with E-state index in [-0.39, 0.29) is 17.6 Å². The number of rotatable bonds is 7. The van der Waals surface area contributed by atoms with Gasteiger partial charge in [-0.2, -0.15) is 0 Å². The number of carbonyl (C=O) groups is 1. The van der Waals surface area contributed by atoms with E-state index < -0.39 is 21.7 Å². The maximum Gasteiger partial charge on any atom is 0.225 e. The second-order valence-electron chi connectivity index (χ2n) is 7.50. The van der Waals surface area contributed by atoms with E-state index in [0.29, 0.717) is 55.7 Å². The van der Waals surface area contributed by atoms with Gasteiger partial charge in [-0.1, -0.05) is 6.92 Å². The molecule has 162 valence electrons. The molecule has 1 aromatic heterocycles. The number of halogens is 2. The Hall–Kier alpha value is -2.39. The normalized spacial score (nSPS) is 15.8. The number of hydrogen-bond donors (Lipinski definition) is 1. The van der Waals surface area contributed by atoms with Crippen LogP contribution in [-0.2, 0) is 14.8 Å². The summed E-state index contributed by atoms with van der Waals surface area (Å²) >= 11 is 0. The molecule has 0 saturated carbocycles. The first-order valence-corrected chi connectivity index (χ1v) is 11.6. The van der Waals surface area contributed by atoms with E-state index in [1.54, 1.807) is 12.1 Å². The van der Waals surface area contributed by atoms with Gasteiger partial charge in [-0.05, 0) is 55.0 Å². The van der Waals surface area contributed by atoms with Crippen molar-refractivity contribution in [1.82, 2.24) is 9.29 Å². The highest BCUT2D eigenvalue weighted by Gasteiger charge is 2.28. The van der Waals surface area contributed by atoms with Gasteiger partial charge >= 0.3 is 0 Å². The predicted octanol–water partition coefficient (Wildman–Crippen LogP) is 3.81. The molecule has 6 nitrogen and oxygen atoms in total. The number of benzene rings is 1. The Morgan fingerprint density at radius 3 is 2.37 bits per heavy atom. The minimum absolute atomic E-state index is 0.118. The van der Waals surface area contributed by atoms with Crippen molar-refractivity contribution in [2.75, 3.05) is 24.2 Å². The molecule has 0 bridgehead atoms. The summed E-state index contributed by atoms with van der Waals surface area (Å²) in [5, 5.41) is 2.72. The van der Waals surface area contributed by atoms with Crippen molar-refractivity contribution in [2.24, 2.45) is 5.92 Å². The first kappa shape index (κ1) is 22.3. The summed E-state index contributed by atoms with van der Waals surface area (Å²) in [5.74, 6) is -0.910. The van der Waals surface area contributed by atoms with E-state index >= 15 is 0 Å². The van der Waals surface area contributed by atoms with Gasteiger partial charge in [0.05, 0.1) is 5.75 Å². The largest absolute Gasteiger partial charge is 0.311 e. The highest BCUT2D eigenvalue weighted by molar-refractivity contribution is 7.89. The number of sulfonamides is 1. The molecule has 1 N–H and O–H groups in total. The fraction of sp³-hybridized carbons (Fsp3) is 0.429. The van der Waals surface area contributed by atoms with Crippen LogP contribution in [0.1, 0.15) is 32.6 Å². The molecule has 1 aromatic carbocycles. The van der Waals surface area contributed by atoms with Crippen molar-refractivity contribution < 1.29 is 22.0 Å². The molecule has 1 aliphatic heterocycles. The fourth-order valence-corrected chi connectivity index (χ4v) is 5.14. The summed E-state index contributed by atoms with van der Waals surface area (Å²) in [4.78, 5) is 16.5. The minimum atomic E-state index is -3.19. The SMILES string of the molecule is CCCS(=O)(=O)N1CCC(CC(=O)Nc2ccc(-c3cc(F)cc(F)c3)cn2)CC1. The topological polar surface area (TPSA) is 79.4 Å². The number of carbonyl (C=O) groups excluding carboxylic acids is 1. The first-order valence-electron chi connectivity index (χ1n) is 9.97. The van der Waals surface area contributed by atoms with Crippen molar-refractivity contribution >= 4 is 21.7 Å². The molecule has 0 unspecified atom stereocenters. The number of anilines is 1. The molecule has 2 aromatic rings. The van der Waals surface area contributed by atoms with Gasteiger partial charge in [-0.15, -0.1) is 0 Å². The second kappa shape index (κ2) is 9.61. The van der Waals surface area contributed by atoms with Crippen LogP contribution in [0.2, 0.25) is 0 Å². The number of pyridine rings is 1. The second-order valence-corrected chi connectivity index (χ2v) is 9.59. The third-order valence-corrected chi connectivity index (χ3v) is 7.21. The van der Waals surface area contributed by atoms with Crippen molar-refractivity contribution in [1.29, 1.82) is 0 Å². The highest BCUT2D eigenvalue weighted by Crippen LogP contribution is 2.24. The summed E-state index contributed by atoms with van der Waals surface area (Å²) in [5.41, 5.74) is 0.898. The van der Waals surface area contributed by atoms with Gasteiger partial charge in [-0.25, -0.2) is 26.5 Å². The first-order chi connectivity index (χ1) is 14.3. The zero-order chi connectivity index (χ0) is 21.7. The molecule has 30 heavy (non-hydrogen) atoms. The van der Waals surface area contributed by atoms with Crippen LogP contribution in [0.15, 0.2) is 36.5 Å². The molecule has 1 amide bonds. The molecule has 0 spiro atoms. The number of amides is 1. The Morgan fingerprint density at radius 2 is 1.80 bits per heavy atom. The Balaban J connectivity index is 1.52. The third-order valence-electron chi connectivity index (χ3n) is 5.13. The van der Waals surface area contributed by atoms with Crippen LogP contribution in [0.5, 0.6) is 0 Å². The lowest BCUT2D eigenvalue weighted by molar-refractivity contribution is -0.117. The van der Waals surface area contributed by atoms with Gasteiger partial charge in [0, 0.05) is 37.3 Å². The van der Waals surface area contributed by atoms with E-state index in [2.05, 4.69) is 10.3 Å². The van der Waals surface area contributed by atoms with Crippen LogP contribution in [0.4, 0.5) is 14.6 Å². The van der Waals surface area contributed by atoms with Crippen molar-refractivity contribution in [3.05, 3.63) is 48.2 Å². The summed E-state index contributed by atoms with van der Waals surface area (Å²) < 4.78 is 52.5. The summed E-state index contributed by atoms with van der Waals surface area (Å²) in [7, 11) is -3.19. The maximum absolute atomic E-state index is 13.4. The van der Waals surface area contributed by atoms with E-state index in [9.17, 15) is 22.0 Å². The van der Waals surface area contributed by atoms with Crippen molar-refractivity contribution in [3.8, 4) is 11.1 Å². The molecular formula is C21H25F2N3O3S. The van der Waals surface area contributed by atoms with Crippen LogP contribution in [0.25, 0.3) is 11.1 Å². The monoisotopic (exact) mass is 437 g/mol. The molecule has 1 fully saturated rings. The zero-order valence-electron chi connectivity index (χ0n) is 16.8. The summed E-state index contributed by atoms with van der Waals surface area (Å²) in [6.07, 6.45) is 3.62. The van der Waals surface area contributed by atoms with Crippen LogP contribution < -0.4 is 5.32 Å². The smallest absolute Gasteiger partial charge is 0.225 e. The average molecular weight is 438 g/mol. The zero-order valence-corrected chi connectivity index (χ0v) is 17.6. The number of aromatic nitrogens is 1. The summed E-state index contributed by atoms with van der Waals surface area (Å²) in [6.45, 7) is 2.72. The molecule has 1 saturated heterocycles. The van der Waals surface area contributed by atoms with Crippen LogP contribution in [0, 0.1) is 17.6 Å². The van der Waals surface area contributed by atoms with Gasteiger partial charge < -0.3 is 5.32 Å². The van der Waals surface area contributed by atoms with Crippen molar-refractivity contribution in [2.45, 2.75) is 32.6 Å². The molecular weight excluding hydrogens is 412 g/mol. The number of piperidine rings is 1. The van der Waals surface area contributed by atoms with E-state index in [1.165, 1.54) is 22.6 Å². The van der Waals surface area contributed by atoms with Gasteiger partial charge in [0.2, 0.25) is 15.9 Å². The lowest BCUT2D eigenvalue weighted by atomic mass is 9.94. The van der Waals surface area contributed by atoms with Crippen LogP contribution in [0.3, 0.4) is 0 Å². The van der Waals surface area contributed by atoms with E-state index in [4.69, 9.17) is 0 Å². The Kier molecular flexibility index (Phi) is 7.14. The lowest BCUT2D eigenvalue weighted by Gasteiger charge is -2.30. The van der Waals surface area contributed by atoms with Gasteiger partial charge in [0.25, 0.3) is 0 Å². The molecule has 9 heteroatoms. The van der Waals surface area contributed by atoms with Gasteiger partial charge in [0.1, 0.15) is 17.5 Å². The molecule has 0 radical (unpaired) electrons. The Morgan fingerprint density at radius 1 is 1.13 bits per heavy atom. The van der Waals surface area contributed by atoms with Crippen molar-refractivity contribution in [3.63, 3.8) is 0 Å². The Labute approximate surface area is 175 Å². The maximum atomic E-state index is 13.4. The highest BCUT2D eigenvalue weighted by atomic mass is 32.2. The van der Waals surface area contributed by atoms with E-state index in [1.807, 2.05) is 6.92 Å². The molecule has 0 atom stereocenters. The number of nitrogens with one attached hydrogen (secondary N) is 1. The van der Waals surface area contributed by atoms with Crippen LogP contribution in [-0.4, -0.2) is 42.5 Å². The van der Waals surface area contributed by atoms with E-state index in [0.717, 1.165) is 6.07 Å². The van der Waals surface area contributed by atoms with Crippen LogP contribution >= 0.6 is 0 Å². The lowest BCUT2D eigenvalue weighted by Crippen LogP contribution is -2.40. The summed E-state index contributed by atoms with van der Waals surface area (Å²) in [6, 6.07) is 6.44. The molecule has 0 aliphatic carbocycles. The number of hydrogen-bond acceptors (Lipinski definition) is 4. The molecule has 1 aliphatic rings. The van der Waals surface area contributed by atoms with Gasteiger partial charge in [-0.3, -0.25) is 4.79 Å². The fourth-order valence-electron chi connectivity index (χ4n) is 3.59. The Bertz CT molecular complexity index is 969. The predicted molar refractivity (Wildman–Crippen MR) is 111 cm³/mol. The minimum Gasteiger partial charge on any atom is -0.311 e. The number of nitrogens with zero attached hydrogens (tertiary/aromatic N) is 2. The molecule has 2 heterocycles. The molecule has 3 rings (SSSR count). The average Bonchev–Trinajstić information content (AvgIpc) is 2.68. The quantitative estimate of drug-likeness (QED) is 0.715.